The number of amides is 2. The molecule has 1 unspecified atom stereocenters. The predicted octanol–water partition coefficient (Wildman–Crippen LogP) is 5.38. The maximum absolute atomic E-state index is 12.9. The Bertz CT molecular complexity index is 898. The molecule has 0 fully saturated rings. The average Bonchev–Trinajstić information content (AvgIpc) is 2.78. The van der Waals surface area contributed by atoms with Crippen LogP contribution in [0.5, 0.6) is 5.75 Å². The van der Waals surface area contributed by atoms with Crippen LogP contribution in [-0.4, -0.2) is 54.4 Å². The van der Waals surface area contributed by atoms with Crippen molar-refractivity contribution in [1.29, 1.82) is 0 Å². The predicted molar refractivity (Wildman–Crippen MR) is 135 cm³/mol. The van der Waals surface area contributed by atoms with Crippen molar-refractivity contribution in [3.63, 3.8) is 0 Å². The van der Waals surface area contributed by atoms with Crippen LogP contribution in [0.3, 0.4) is 0 Å². The van der Waals surface area contributed by atoms with Crippen LogP contribution in [0, 0.1) is 12.8 Å². The van der Waals surface area contributed by atoms with Gasteiger partial charge in [0.1, 0.15) is 12.4 Å². The number of benzene rings is 2. The Morgan fingerprint density at radius 2 is 1.82 bits per heavy atom. The second-order valence-electron chi connectivity index (χ2n) is 8.80. The van der Waals surface area contributed by atoms with Gasteiger partial charge in [-0.05, 0) is 68.0 Å². The van der Waals surface area contributed by atoms with Crippen molar-refractivity contribution in [2.45, 2.75) is 53.1 Å². The molecule has 2 aromatic rings. The molecule has 2 rings (SSSR count). The van der Waals surface area contributed by atoms with Crippen molar-refractivity contribution in [2.24, 2.45) is 5.92 Å². The van der Waals surface area contributed by atoms with E-state index in [1.54, 1.807) is 11.8 Å². The van der Waals surface area contributed by atoms with Crippen molar-refractivity contribution in [2.75, 3.05) is 31.6 Å². The molecule has 0 saturated carbocycles. The molecule has 0 heterocycles. The number of carboxylic acids is 1. The van der Waals surface area contributed by atoms with Crippen molar-refractivity contribution in [3.05, 3.63) is 59.7 Å². The Morgan fingerprint density at radius 3 is 2.44 bits per heavy atom. The second-order valence-corrected chi connectivity index (χ2v) is 8.80. The molecule has 7 heteroatoms. The minimum atomic E-state index is -0.969. The fourth-order valence-corrected chi connectivity index (χ4v) is 3.56. The number of carbonyl (C=O) groups excluding carboxylic acids is 1. The highest BCUT2D eigenvalue weighted by molar-refractivity contribution is 5.89. The van der Waals surface area contributed by atoms with Crippen molar-refractivity contribution < 1.29 is 24.2 Å². The summed E-state index contributed by atoms with van der Waals surface area (Å²) < 4.78 is 11.1. The molecule has 0 aliphatic carbocycles. The van der Waals surface area contributed by atoms with Gasteiger partial charge in [0.2, 0.25) is 0 Å². The number of aryl methyl sites for hydroxylation is 1. The summed E-state index contributed by atoms with van der Waals surface area (Å²) in [5.41, 5.74) is 2.73. The zero-order valence-electron chi connectivity index (χ0n) is 20.8. The van der Waals surface area contributed by atoms with Crippen LogP contribution in [0.15, 0.2) is 48.5 Å². The summed E-state index contributed by atoms with van der Waals surface area (Å²) in [5, 5.41) is 12.2. The lowest BCUT2D eigenvalue weighted by Crippen LogP contribution is -2.38. The number of carboxylic acid groups (broad SMARTS) is 1. The van der Waals surface area contributed by atoms with Crippen LogP contribution in [0.4, 0.5) is 10.5 Å². The lowest BCUT2D eigenvalue weighted by atomic mass is 10.1. The molecule has 0 aliphatic rings. The molecule has 2 amide bonds. The first-order valence-corrected chi connectivity index (χ1v) is 12.0. The van der Waals surface area contributed by atoms with Crippen LogP contribution in [-0.2, 0) is 16.0 Å². The molecule has 1 atom stereocenters. The van der Waals surface area contributed by atoms with Gasteiger partial charge in [0.25, 0.3) is 0 Å². The summed E-state index contributed by atoms with van der Waals surface area (Å²) in [5.74, 6) is 0.289. The number of urea groups is 1. The molecule has 0 spiro atoms. The Kier molecular flexibility index (Phi) is 11.4. The first-order valence-electron chi connectivity index (χ1n) is 12.0. The van der Waals surface area contributed by atoms with Gasteiger partial charge in [-0.15, -0.1) is 0 Å². The van der Waals surface area contributed by atoms with Gasteiger partial charge in [0.15, 0.2) is 6.10 Å². The van der Waals surface area contributed by atoms with Gasteiger partial charge in [-0.2, -0.15) is 0 Å². The van der Waals surface area contributed by atoms with Crippen LogP contribution < -0.4 is 10.1 Å². The number of carbonyl (C=O) groups is 2. The zero-order valence-corrected chi connectivity index (χ0v) is 20.8. The molecule has 0 aliphatic heterocycles. The largest absolute Gasteiger partial charge is 0.492 e. The molecular formula is C27H38N2O5. The van der Waals surface area contributed by atoms with Crippen molar-refractivity contribution in [3.8, 4) is 5.75 Å². The number of aliphatic carboxylic acids is 1. The van der Waals surface area contributed by atoms with E-state index in [2.05, 4.69) is 19.2 Å². The number of nitrogens with zero attached hydrogens (tertiary/aromatic N) is 1. The lowest BCUT2D eigenvalue weighted by molar-refractivity contribution is -0.149. The summed E-state index contributed by atoms with van der Waals surface area (Å²) in [4.78, 5) is 26.0. The van der Waals surface area contributed by atoms with Crippen LogP contribution in [0.1, 0.15) is 44.7 Å². The highest BCUT2D eigenvalue weighted by Gasteiger charge is 2.18. The summed E-state index contributed by atoms with van der Waals surface area (Å²) >= 11 is 0. The Balaban J connectivity index is 1.91. The van der Waals surface area contributed by atoms with Crippen LogP contribution >= 0.6 is 0 Å². The van der Waals surface area contributed by atoms with Crippen LogP contribution in [0.2, 0.25) is 0 Å². The number of anilines is 1. The quantitative estimate of drug-likeness (QED) is 0.387. The van der Waals surface area contributed by atoms with E-state index in [0.717, 1.165) is 29.7 Å². The summed E-state index contributed by atoms with van der Waals surface area (Å²) in [6.07, 6.45) is 1.42. The monoisotopic (exact) mass is 470 g/mol. The zero-order chi connectivity index (χ0) is 24.9. The van der Waals surface area contributed by atoms with Gasteiger partial charge in [0.05, 0.1) is 6.54 Å². The van der Waals surface area contributed by atoms with Crippen LogP contribution in [0.25, 0.3) is 0 Å². The third kappa shape index (κ3) is 9.83. The van der Waals surface area contributed by atoms with E-state index in [4.69, 9.17) is 9.47 Å². The van der Waals surface area contributed by atoms with Crippen molar-refractivity contribution in [1.82, 2.24) is 4.90 Å². The minimum absolute atomic E-state index is 0.135. The number of hydrogen-bond acceptors (Lipinski definition) is 4. The molecule has 0 saturated heterocycles. The number of ether oxygens (including phenoxy) is 2. The average molecular weight is 471 g/mol. The fourth-order valence-electron chi connectivity index (χ4n) is 3.56. The number of hydrogen-bond donors (Lipinski definition) is 2. The van der Waals surface area contributed by atoms with E-state index in [0.29, 0.717) is 44.4 Å². The van der Waals surface area contributed by atoms with E-state index < -0.39 is 12.1 Å². The molecule has 0 aromatic heterocycles. The molecule has 0 bridgehead atoms. The Morgan fingerprint density at radius 1 is 1.09 bits per heavy atom. The normalized spacial score (nSPS) is 11.8. The lowest BCUT2D eigenvalue weighted by Gasteiger charge is -2.24. The summed E-state index contributed by atoms with van der Waals surface area (Å²) in [6.45, 7) is 9.96. The Hall–Kier alpha value is -3.06. The molecule has 7 nitrogen and oxygen atoms in total. The molecule has 34 heavy (non-hydrogen) atoms. The smallest absolute Gasteiger partial charge is 0.333 e. The molecular weight excluding hydrogens is 432 g/mol. The van der Waals surface area contributed by atoms with E-state index in [-0.39, 0.29) is 6.03 Å². The fraction of sp³-hybridized carbons (Fsp3) is 0.481. The van der Waals surface area contributed by atoms with Gasteiger partial charge in [-0.3, -0.25) is 0 Å². The van der Waals surface area contributed by atoms with E-state index in [9.17, 15) is 14.7 Å². The van der Waals surface area contributed by atoms with Gasteiger partial charge < -0.3 is 24.8 Å². The third-order valence-corrected chi connectivity index (χ3v) is 5.38. The third-order valence-electron chi connectivity index (χ3n) is 5.38. The maximum atomic E-state index is 12.9. The van der Waals surface area contributed by atoms with E-state index in [1.165, 1.54) is 0 Å². The number of nitrogens with one attached hydrogen (secondary N) is 1. The highest BCUT2D eigenvalue weighted by atomic mass is 16.5. The minimum Gasteiger partial charge on any atom is -0.492 e. The first-order chi connectivity index (χ1) is 16.3. The van der Waals surface area contributed by atoms with Gasteiger partial charge >= 0.3 is 12.0 Å². The molecule has 2 N–H and O–H groups in total. The molecule has 2 aromatic carbocycles. The second kappa shape index (κ2) is 14.3. The molecule has 0 radical (unpaired) electrons. The van der Waals surface area contributed by atoms with Crippen molar-refractivity contribution >= 4 is 17.7 Å². The topological polar surface area (TPSA) is 88.1 Å². The Labute approximate surface area is 203 Å². The maximum Gasteiger partial charge on any atom is 0.333 e. The SMILES string of the molecule is CCOC(Cc1ccc(OCCN(CCCC(C)C)C(=O)Nc2cccc(C)c2)cc1)C(=O)O. The first kappa shape index (κ1) is 27.2. The van der Waals surface area contributed by atoms with Gasteiger partial charge in [-0.1, -0.05) is 38.1 Å². The standard InChI is InChI=1S/C27H38N2O5/c1-5-33-25(26(30)31)19-22-11-13-24(14-12-22)34-17-16-29(15-7-8-20(2)3)27(32)28-23-10-6-9-21(4)18-23/h6,9-14,18,20,25H,5,7-8,15-17,19H2,1-4H3,(H,28,32)(H,30,31). The highest BCUT2D eigenvalue weighted by Crippen LogP contribution is 2.16. The molecule has 186 valence electrons. The summed E-state index contributed by atoms with van der Waals surface area (Å²) in [7, 11) is 0. The van der Waals surface area contributed by atoms with Gasteiger partial charge in [0, 0.05) is 25.3 Å². The van der Waals surface area contributed by atoms with E-state index >= 15 is 0 Å². The summed E-state index contributed by atoms with van der Waals surface area (Å²) in [6, 6.07) is 14.9. The number of rotatable bonds is 14. The van der Waals surface area contributed by atoms with Gasteiger partial charge in [-0.25, -0.2) is 9.59 Å². The van der Waals surface area contributed by atoms with E-state index in [1.807, 2.05) is 55.5 Å².